The molecule has 188 valence electrons. The minimum atomic E-state index is -0.374. The van der Waals surface area contributed by atoms with E-state index < -0.39 is 0 Å². The van der Waals surface area contributed by atoms with Gasteiger partial charge in [0.05, 0.1) is 5.52 Å². The van der Waals surface area contributed by atoms with E-state index >= 15 is 0 Å². The third-order valence-electron chi connectivity index (χ3n) is 5.43. The molecule has 36 heavy (non-hydrogen) atoms. The minimum absolute atomic E-state index is 0. The predicted molar refractivity (Wildman–Crippen MR) is 147 cm³/mol. The Kier molecular flexibility index (Phi) is 8.79. The van der Waals surface area contributed by atoms with E-state index in [0.29, 0.717) is 23.7 Å². The number of benzene rings is 3. The first-order valence-electron chi connectivity index (χ1n) is 11.3. The fourth-order valence-electron chi connectivity index (χ4n) is 3.66. The van der Waals surface area contributed by atoms with Gasteiger partial charge >= 0.3 is 0 Å². The Labute approximate surface area is 216 Å². The van der Waals surface area contributed by atoms with E-state index in [0.717, 1.165) is 28.8 Å². The van der Waals surface area contributed by atoms with E-state index in [1.807, 2.05) is 57.4 Å². The molecule has 0 aliphatic rings. The lowest BCUT2D eigenvalue weighted by molar-refractivity contribution is 0.102. The summed E-state index contributed by atoms with van der Waals surface area (Å²) in [6.45, 7) is 1.40. The monoisotopic (exact) mass is 508 g/mol. The second kappa shape index (κ2) is 11.8. The van der Waals surface area contributed by atoms with Crippen LogP contribution in [-0.2, 0) is 13.1 Å². The molecule has 0 atom stereocenters. The normalized spacial score (nSPS) is 10.7. The topological polar surface area (TPSA) is 73.4 Å². The van der Waals surface area contributed by atoms with Gasteiger partial charge in [-0.2, -0.15) is 4.98 Å². The third-order valence-corrected chi connectivity index (χ3v) is 5.43. The summed E-state index contributed by atoms with van der Waals surface area (Å²) in [4.78, 5) is 25.8. The average molecular weight is 509 g/mol. The summed E-state index contributed by atoms with van der Waals surface area (Å²) >= 11 is 0. The van der Waals surface area contributed by atoms with Crippen molar-refractivity contribution in [3.8, 4) is 0 Å². The molecule has 2 N–H and O–H groups in total. The van der Waals surface area contributed by atoms with Gasteiger partial charge in [0.1, 0.15) is 11.6 Å². The Morgan fingerprint density at radius 2 is 1.56 bits per heavy atom. The lowest BCUT2D eigenvalue weighted by Crippen LogP contribution is -2.15. The molecule has 4 aromatic rings. The van der Waals surface area contributed by atoms with Crippen LogP contribution in [0.2, 0.25) is 0 Å². The van der Waals surface area contributed by atoms with Crippen LogP contribution in [0.4, 0.5) is 21.8 Å². The highest BCUT2D eigenvalue weighted by molar-refractivity contribution is 6.04. The quantitative estimate of drug-likeness (QED) is 0.341. The molecular formula is C27H30ClFN6O. The number of nitrogens with one attached hydrogen (secondary N) is 2. The molecule has 1 heterocycles. The number of rotatable bonds is 8. The van der Waals surface area contributed by atoms with E-state index in [1.165, 1.54) is 29.8 Å². The van der Waals surface area contributed by atoms with Gasteiger partial charge in [-0.15, -0.1) is 12.4 Å². The zero-order valence-electron chi connectivity index (χ0n) is 20.7. The van der Waals surface area contributed by atoms with Gasteiger partial charge in [-0.25, -0.2) is 9.37 Å². The van der Waals surface area contributed by atoms with Crippen LogP contribution in [-0.4, -0.2) is 49.0 Å². The van der Waals surface area contributed by atoms with Gasteiger partial charge in [0.2, 0.25) is 5.95 Å². The van der Waals surface area contributed by atoms with Gasteiger partial charge in [0, 0.05) is 43.8 Å². The van der Waals surface area contributed by atoms with Crippen molar-refractivity contribution < 1.29 is 9.18 Å². The lowest BCUT2D eigenvalue weighted by Gasteiger charge is -2.16. The SMILES string of the molecule is CN(C)Cc1ccc2c(NCc3ccc(NC(=O)c4ccc(F)cc4)cc3)nc(N(C)C)nc2c1.Cl. The number of carbonyl (C=O) groups excluding carboxylic acids is 1. The molecule has 1 aromatic heterocycles. The van der Waals surface area contributed by atoms with Gasteiger partial charge in [-0.1, -0.05) is 18.2 Å². The molecule has 7 nitrogen and oxygen atoms in total. The summed E-state index contributed by atoms with van der Waals surface area (Å²) < 4.78 is 13.1. The highest BCUT2D eigenvalue weighted by Crippen LogP contribution is 2.25. The van der Waals surface area contributed by atoms with Crippen molar-refractivity contribution in [3.63, 3.8) is 0 Å². The zero-order chi connectivity index (χ0) is 24.9. The van der Waals surface area contributed by atoms with E-state index in [1.54, 1.807) is 0 Å². The van der Waals surface area contributed by atoms with E-state index in [-0.39, 0.29) is 24.1 Å². The number of aromatic nitrogens is 2. The first kappa shape index (κ1) is 26.8. The number of nitrogens with zero attached hydrogens (tertiary/aromatic N) is 4. The molecule has 0 radical (unpaired) electrons. The van der Waals surface area contributed by atoms with Gasteiger partial charge in [-0.3, -0.25) is 4.79 Å². The Hall–Kier alpha value is -3.75. The van der Waals surface area contributed by atoms with Crippen LogP contribution >= 0.6 is 12.4 Å². The predicted octanol–water partition coefficient (Wildman–Crippen LogP) is 5.18. The first-order chi connectivity index (χ1) is 16.8. The van der Waals surface area contributed by atoms with E-state index in [9.17, 15) is 9.18 Å². The maximum absolute atomic E-state index is 13.1. The van der Waals surface area contributed by atoms with Crippen molar-refractivity contribution in [3.05, 3.63) is 89.2 Å². The number of hydrogen-bond donors (Lipinski definition) is 2. The molecule has 4 rings (SSSR count). The van der Waals surface area contributed by atoms with Crippen molar-refractivity contribution in [2.45, 2.75) is 13.1 Å². The Balaban J connectivity index is 0.00000361. The lowest BCUT2D eigenvalue weighted by atomic mass is 10.1. The van der Waals surface area contributed by atoms with Crippen LogP contribution < -0.4 is 15.5 Å². The summed E-state index contributed by atoms with van der Waals surface area (Å²) in [5.74, 6) is 0.749. The van der Waals surface area contributed by atoms with Crippen LogP contribution in [0.25, 0.3) is 10.9 Å². The second-order valence-electron chi connectivity index (χ2n) is 8.87. The number of hydrogen-bond acceptors (Lipinski definition) is 6. The van der Waals surface area contributed by atoms with Crippen LogP contribution in [0.1, 0.15) is 21.5 Å². The highest BCUT2D eigenvalue weighted by Gasteiger charge is 2.11. The largest absolute Gasteiger partial charge is 0.365 e. The van der Waals surface area contributed by atoms with Gasteiger partial charge < -0.3 is 20.4 Å². The molecule has 0 spiro atoms. The maximum atomic E-state index is 13.1. The summed E-state index contributed by atoms with van der Waals surface area (Å²) in [7, 11) is 7.94. The molecule has 9 heteroatoms. The fourth-order valence-corrected chi connectivity index (χ4v) is 3.66. The maximum Gasteiger partial charge on any atom is 0.255 e. The molecule has 1 amide bonds. The number of fused-ring (bicyclic) bond motifs is 1. The van der Waals surface area contributed by atoms with Crippen molar-refractivity contribution >= 4 is 46.7 Å². The number of amides is 1. The standard InChI is InChI=1S/C27H29FN6O.ClH/c1-33(2)17-19-7-14-23-24(15-19)31-27(34(3)4)32-25(23)29-16-18-5-12-22(13-6-18)30-26(35)20-8-10-21(28)11-9-20;/h5-15H,16-17H2,1-4H3,(H,30,35)(H,29,31,32);1H. The van der Waals surface area contributed by atoms with Gasteiger partial charge in [-0.05, 0) is 73.8 Å². The molecular weight excluding hydrogens is 479 g/mol. The van der Waals surface area contributed by atoms with Crippen LogP contribution in [0.5, 0.6) is 0 Å². The molecule has 0 unspecified atom stereocenters. The molecule has 0 saturated heterocycles. The van der Waals surface area contributed by atoms with Crippen molar-refractivity contribution in [2.24, 2.45) is 0 Å². The fraction of sp³-hybridized carbons (Fsp3) is 0.222. The second-order valence-corrected chi connectivity index (χ2v) is 8.87. The zero-order valence-corrected chi connectivity index (χ0v) is 21.6. The van der Waals surface area contributed by atoms with Crippen LogP contribution in [0, 0.1) is 5.82 Å². The average Bonchev–Trinajstić information content (AvgIpc) is 2.83. The molecule has 0 aliphatic heterocycles. The number of halogens is 2. The Morgan fingerprint density at radius 1 is 0.889 bits per heavy atom. The van der Waals surface area contributed by atoms with Crippen LogP contribution in [0.3, 0.4) is 0 Å². The highest BCUT2D eigenvalue weighted by atomic mass is 35.5. The molecule has 3 aromatic carbocycles. The summed E-state index contributed by atoms with van der Waals surface area (Å²) in [6, 6.07) is 19.3. The first-order valence-corrected chi connectivity index (χ1v) is 11.3. The number of carbonyl (C=O) groups is 1. The van der Waals surface area contributed by atoms with Crippen molar-refractivity contribution in [2.75, 3.05) is 43.7 Å². The number of anilines is 3. The third kappa shape index (κ3) is 6.68. The molecule has 0 bridgehead atoms. The smallest absolute Gasteiger partial charge is 0.255 e. The molecule has 0 saturated carbocycles. The van der Waals surface area contributed by atoms with Gasteiger partial charge in [0.15, 0.2) is 0 Å². The Morgan fingerprint density at radius 3 is 2.19 bits per heavy atom. The van der Waals surface area contributed by atoms with Crippen LogP contribution in [0.15, 0.2) is 66.7 Å². The molecule has 0 aliphatic carbocycles. The summed E-state index contributed by atoms with van der Waals surface area (Å²) in [6.07, 6.45) is 0. The summed E-state index contributed by atoms with van der Waals surface area (Å²) in [5, 5.41) is 7.23. The van der Waals surface area contributed by atoms with Gasteiger partial charge in [0.25, 0.3) is 5.91 Å². The van der Waals surface area contributed by atoms with Crippen molar-refractivity contribution in [1.82, 2.24) is 14.9 Å². The molecule has 0 fully saturated rings. The van der Waals surface area contributed by atoms with E-state index in [4.69, 9.17) is 9.97 Å². The van der Waals surface area contributed by atoms with E-state index in [2.05, 4.69) is 33.7 Å². The summed E-state index contributed by atoms with van der Waals surface area (Å²) in [5.41, 5.74) is 4.18. The Bertz CT molecular complexity index is 1330. The van der Waals surface area contributed by atoms with Crippen molar-refractivity contribution in [1.29, 1.82) is 0 Å². The minimum Gasteiger partial charge on any atom is -0.365 e.